The Kier molecular flexibility index (Phi) is 4.05. The zero-order valence-electron chi connectivity index (χ0n) is 12.2. The van der Waals surface area contributed by atoms with Gasteiger partial charge in [-0.15, -0.1) is 0 Å². The third-order valence-electron chi connectivity index (χ3n) is 3.78. The van der Waals surface area contributed by atoms with E-state index in [2.05, 4.69) is 0 Å². The monoisotopic (exact) mass is 316 g/mol. The molecule has 1 amide bonds. The molecule has 0 saturated carbocycles. The summed E-state index contributed by atoms with van der Waals surface area (Å²) in [5, 5.41) is 0.663. The van der Waals surface area contributed by atoms with Crippen LogP contribution in [0.15, 0.2) is 48.5 Å². The van der Waals surface area contributed by atoms with Gasteiger partial charge in [-0.25, -0.2) is 0 Å². The molecule has 1 aliphatic heterocycles. The maximum absolute atomic E-state index is 12.2. The molecule has 2 N–H and O–H groups in total. The van der Waals surface area contributed by atoms with E-state index in [0.29, 0.717) is 11.6 Å². The maximum atomic E-state index is 12.2. The quantitative estimate of drug-likeness (QED) is 0.882. The van der Waals surface area contributed by atoms with E-state index in [1.54, 1.807) is 4.90 Å². The molecule has 114 valence electrons. The number of ether oxygens (including phenoxy) is 1. The number of hydrogen-bond acceptors (Lipinski definition) is 3. The number of hydrogen-bond donors (Lipinski definition) is 1. The Balaban J connectivity index is 1.87. The Bertz CT molecular complexity index is 670. The second kappa shape index (κ2) is 5.99. The van der Waals surface area contributed by atoms with E-state index in [0.717, 1.165) is 17.0 Å². The van der Waals surface area contributed by atoms with Crippen molar-refractivity contribution in [3.8, 4) is 5.75 Å². The van der Waals surface area contributed by atoms with Gasteiger partial charge in [0.1, 0.15) is 11.8 Å². The summed E-state index contributed by atoms with van der Waals surface area (Å²) in [5.74, 6) is 0.704. The predicted molar refractivity (Wildman–Crippen MR) is 87.3 cm³/mol. The summed E-state index contributed by atoms with van der Waals surface area (Å²) in [7, 11) is 0. The van der Waals surface area contributed by atoms with Gasteiger partial charge >= 0.3 is 0 Å². The third kappa shape index (κ3) is 2.56. The summed E-state index contributed by atoms with van der Waals surface area (Å²) in [4.78, 5) is 13.9. The molecule has 5 heteroatoms. The van der Waals surface area contributed by atoms with Gasteiger partial charge in [0.15, 0.2) is 0 Å². The third-order valence-corrected chi connectivity index (χ3v) is 4.03. The average molecular weight is 317 g/mol. The number of carbonyl (C=O) groups excluding carboxylic acids is 1. The van der Waals surface area contributed by atoms with E-state index in [1.165, 1.54) is 0 Å². The van der Waals surface area contributed by atoms with E-state index < -0.39 is 6.04 Å². The van der Waals surface area contributed by atoms with E-state index >= 15 is 0 Å². The Morgan fingerprint density at radius 3 is 2.36 bits per heavy atom. The Labute approximate surface area is 134 Å². The SMILES string of the molecule is CCOc1ccc(N2C(=O)[C@H](N)[C@H]2c2ccc(Cl)cc2)cc1. The number of amides is 1. The number of β-lactam (4-membered cyclic amide) rings is 1. The molecule has 1 fully saturated rings. The molecule has 3 rings (SSSR count). The average Bonchev–Trinajstić information content (AvgIpc) is 2.54. The molecule has 1 aliphatic rings. The molecule has 1 heterocycles. The largest absolute Gasteiger partial charge is 0.494 e. The summed E-state index contributed by atoms with van der Waals surface area (Å²) in [6, 6.07) is 14.2. The van der Waals surface area contributed by atoms with E-state index in [9.17, 15) is 4.79 Å². The lowest BCUT2D eigenvalue weighted by Gasteiger charge is -2.45. The van der Waals surface area contributed by atoms with Gasteiger partial charge in [0.05, 0.1) is 12.6 Å². The van der Waals surface area contributed by atoms with Crippen LogP contribution in [0.4, 0.5) is 5.69 Å². The molecule has 2 atom stereocenters. The normalized spacial score (nSPS) is 20.7. The summed E-state index contributed by atoms with van der Waals surface area (Å²) >= 11 is 5.92. The highest BCUT2D eigenvalue weighted by atomic mass is 35.5. The van der Waals surface area contributed by atoms with Gasteiger partial charge in [0.25, 0.3) is 0 Å². The molecule has 1 saturated heterocycles. The van der Waals surface area contributed by atoms with Crippen molar-refractivity contribution in [2.45, 2.75) is 19.0 Å². The lowest BCUT2D eigenvalue weighted by atomic mass is 9.88. The van der Waals surface area contributed by atoms with Gasteiger partial charge in [-0.05, 0) is 48.9 Å². The van der Waals surface area contributed by atoms with Crippen molar-refractivity contribution < 1.29 is 9.53 Å². The number of nitrogens with zero attached hydrogens (tertiary/aromatic N) is 1. The molecule has 22 heavy (non-hydrogen) atoms. The first-order chi connectivity index (χ1) is 10.6. The molecule has 0 aliphatic carbocycles. The summed E-state index contributed by atoms with van der Waals surface area (Å²) in [5.41, 5.74) is 7.78. The van der Waals surface area contributed by atoms with Gasteiger partial charge in [-0.1, -0.05) is 23.7 Å². The van der Waals surface area contributed by atoms with Crippen molar-refractivity contribution in [3.05, 3.63) is 59.1 Å². The molecular weight excluding hydrogens is 300 g/mol. The van der Waals surface area contributed by atoms with Crippen LogP contribution in [0.3, 0.4) is 0 Å². The van der Waals surface area contributed by atoms with Crippen LogP contribution in [-0.4, -0.2) is 18.6 Å². The number of anilines is 1. The van der Waals surface area contributed by atoms with Gasteiger partial charge < -0.3 is 15.4 Å². The first kappa shape index (κ1) is 14.9. The van der Waals surface area contributed by atoms with Gasteiger partial charge in [0, 0.05) is 10.7 Å². The molecule has 0 unspecified atom stereocenters. The second-order valence-electron chi connectivity index (χ2n) is 5.16. The van der Waals surface area contributed by atoms with Crippen molar-refractivity contribution in [1.29, 1.82) is 0 Å². The minimum absolute atomic E-state index is 0.0795. The molecule has 0 radical (unpaired) electrons. The van der Waals surface area contributed by atoms with E-state index in [1.807, 2.05) is 55.5 Å². The molecule has 0 bridgehead atoms. The number of halogens is 1. The molecular formula is C17H17ClN2O2. The van der Waals surface area contributed by atoms with Crippen LogP contribution in [0.25, 0.3) is 0 Å². The van der Waals surface area contributed by atoms with Crippen molar-refractivity contribution in [2.24, 2.45) is 5.73 Å². The molecule has 2 aromatic carbocycles. The standard InChI is InChI=1S/C17H17ClN2O2/c1-2-22-14-9-7-13(8-10-14)20-16(15(19)17(20)21)11-3-5-12(18)6-4-11/h3-10,15-16H,2,19H2,1H3/t15-,16-/m1/s1. The number of nitrogens with two attached hydrogens (primary N) is 1. The molecule has 2 aromatic rings. The van der Waals surface area contributed by atoms with Crippen LogP contribution in [0, 0.1) is 0 Å². The topological polar surface area (TPSA) is 55.6 Å². The fraction of sp³-hybridized carbons (Fsp3) is 0.235. The highest BCUT2D eigenvalue weighted by Crippen LogP contribution is 2.38. The van der Waals surface area contributed by atoms with Crippen molar-refractivity contribution >= 4 is 23.2 Å². The molecule has 0 aromatic heterocycles. The van der Waals surface area contributed by atoms with Crippen LogP contribution in [0.1, 0.15) is 18.5 Å². The Hall–Kier alpha value is -2.04. The van der Waals surface area contributed by atoms with E-state index in [-0.39, 0.29) is 11.9 Å². The Morgan fingerprint density at radius 2 is 1.77 bits per heavy atom. The first-order valence-electron chi connectivity index (χ1n) is 7.19. The van der Waals surface area contributed by atoms with Crippen molar-refractivity contribution in [1.82, 2.24) is 0 Å². The van der Waals surface area contributed by atoms with Crippen LogP contribution in [0.2, 0.25) is 5.02 Å². The smallest absolute Gasteiger partial charge is 0.247 e. The van der Waals surface area contributed by atoms with Crippen molar-refractivity contribution in [3.63, 3.8) is 0 Å². The zero-order valence-corrected chi connectivity index (χ0v) is 13.0. The van der Waals surface area contributed by atoms with E-state index in [4.69, 9.17) is 22.1 Å². The van der Waals surface area contributed by atoms with Crippen LogP contribution >= 0.6 is 11.6 Å². The van der Waals surface area contributed by atoms with Crippen LogP contribution < -0.4 is 15.4 Å². The fourth-order valence-electron chi connectivity index (χ4n) is 2.69. The lowest BCUT2D eigenvalue weighted by molar-refractivity contribution is -0.126. The summed E-state index contributed by atoms with van der Waals surface area (Å²) in [6.07, 6.45) is 0. The molecule has 4 nitrogen and oxygen atoms in total. The van der Waals surface area contributed by atoms with Gasteiger partial charge in [0.2, 0.25) is 5.91 Å². The summed E-state index contributed by atoms with van der Waals surface area (Å²) < 4.78 is 5.42. The summed E-state index contributed by atoms with van der Waals surface area (Å²) in [6.45, 7) is 2.54. The minimum atomic E-state index is -0.521. The number of rotatable bonds is 4. The lowest BCUT2D eigenvalue weighted by Crippen LogP contribution is -2.63. The van der Waals surface area contributed by atoms with Crippen LogP contribution in [0.5, 0.6) is 5.75 Å². The number of carbonyl (C=O) groups is 1. The van der Waals surface area contributed by atoms with Gasteiger partial charge in [-0.2, -0.15) is 0 Å². The zero-order chi connectivity index (χ0) is 15.7. The predicted octanol–water partition coefficient (Wildman–Crippen LogP) is 3.15. The Morgan fingerprint density at radius 1 is 1.14 bits per heavy atom. The maximum Gasteiger partial charge on any atom is 0.247 e. The first-order valence-corrected chi connectivity index (χ1v) is 7.56. The fourth-order valence-corrected chi connectivity index (χ4v) is 2.81. The molecule has 0 spiro atoms. The van der Waals surface area contributed by atoms with Crippen LogP contribution in [-0.2, 0) is 4.79 Å². The highest BCUT2D eigenvalue weighted by Gasteiger charge is 2.46. The number of benzene rings is 2. The highest BCUT2D eigenvalue weighted by molar-refractivity contribution is 6.30. The minimum Gasteiger partial charge on any atom is -0.494 e. The van der Waals surface area contributed by atoms with Gasteiger partial charge in [-0.3, -0.25) is 4.79 Å². The van der Waals surface area contributed by atoms with Crippen molar-refractivity contribution in [2.75, 3.05) is 11.5 Å². The second-order valence-corrected chi connectivity index (χ2v) is 5.59.